The number of fused-ring (bicyclic) bond motifs is 3. The third-order valence-corrected chi connectivity index (χ3v) is 4.92. The van der Waals surface area contributed by atoms with Gasteiger partial charge in [-0.25, -0.2) is 4.98 Å². The van der Waals surface area contributed by atoms with Crippen LogP contribution in [0.15, 0.2) is 57.3 Å². The van der Waals surface area contributed by atoms with Gasteiger partial charge in [-0.15, -0.1) is 11.3 Å². The van der Waals surface area contributed by atoms with Crippen molar-refractivity contribution < 1.29 is 9.21 Å². The number of carbonyl (C=O) groups excluding carboxylic acids is 1. The number of benzene rings is 1. The fourth-order valence-corrected chi connectivity index (χ4v) is 3.48. The second-order valence-corrected chi connectivity index (χ2v) is 6.81. The highest BCUT2D eigenvalue weighted by molar-refractivity contribution is 7.09. The lowest BCUT2D eigenvalue weighted by molar-refractivity contribution is -0.131. The second-order valence-electron chi connectivity index (χ2n) is 5.78. The molecule has 4 rings (SSSR count). The molecule has 0 spiro atoms. The SMILES string of the molecule is CN(Cc1cccs1)C(=O)Cn1cnc2c(oc3ccccc32)c1=O. The summed E-state index contributed by atoms with van der Waals surface area (Å²) in [6.07, 6.45) is 1.41. The Bertz CT molecular complexity index is 1110. The molecular weight excluding hydrogens is 338 g/mol. The average Bonchev–Trinajstić information content (AvgIpc) is 3.25. The van der Waals surface area contributed by atoms with Crippen molar-refractivity contribution in [1.29, 1.82) is 0 Å². The number of furan rings is 1. The molecule has 0 saturated carbocycles. The van der Waals surface area contributed by atoms with Crippen molar-refractivity contribution in [2.75, 3.05) is 7.05 Å². The first-order valence-corrected chi connectivity index (χ1v) is 8.64. The zero-order chi connectivity index (χ0) is 17.4. The quantitative estimate of drug-likeness (QED) is 0.566. The Morgan fingerprint density at radius 1 is 1.28 bits per heavy atom. The molecule has 0 saturated heterocycles. The van der Waals surface area contributed by atoms with Crippen LogP contribution in [0.4, 0.5) is 0 Å². The minimum Gasteiger partial charge on any atom is -0.448 e. The van der Waals surface area contributed by atoms with Crippen LogP contribution in [-0.2, 0) is 17.9 Å². The zero-order valence-corrected chi connectivity index (χ0v) is 14.3. The largest absolute Gasteiger partial charge is 0.448 e. The van der Waals surface area contributed by atoms with E-state index in [1.54, 1.807) is 29.4 Å². The van der Waals surface area contributed by atoms with Gasteiger partial charge in [0.1, 0.15) is 17.6 Å². The average molecular weight is 353 g/mol. The predicted molar refractivity (Wildman–Crippen MR) is 96.6 cm³/mol. The normalized spacial score (nSPS) is 11.2. The van der Waals surface area contributed by atoms with Crippen molar-refractivity contribution >= 4 is 39.3 Å². The van der Waals surface area contributed by atoms with Gasteiger partial charge in [0.05, 0.1) is 12.9 Å². The van der Waals surface area contributed by atoms with Crippen LogP contribution in [0, 0.1) is 0 Å². The van der Waals surface area contributed by atoms with E-state index in [1.165, 1.54) is 10.9 Å². The van der Waals surface area contributed by atoms with Crippen LogP contribution < -0.4 is 5.56 Å². The summed E-state index contributed by atoms with van der Waals surface area (Å²) in [4.78, 5) is 32.1. The number of aromatic nitrogens is 2. The summed E-state index contributed by atoms with van der Waals surface area (Å²) < 4.78 is 6.92. The van der Waals surface area contributed by atoms with Gasteiger partial charge in [-0.05, 0) is 23.6 Å². The summed E-state index contributed by atoms with van der Waals surface area (Å²) >= 11 is 1.59. The molecule has 0 atom stereocenters. The van der Waals surface area contributed by atoms with Crippen molar-refractivity contribution in [3.63, 3.8) is 0 Å². The topological polar surface area (TPSA) is 68.3 Å². The Morgan fingerprint density at radius 2 is 2.12 bits per heavy atom. The highest BCUT2D eigenvalue weighted by atomic mass is 32.1. The van der Waals surface area contributed by atoms with Crippen LogP contribution in [0.25, 0.3) is 22.1 Å². The van der Waals surface area contributed by atoms with Crippen LogP contribution in [0.5, 0.6) is 0 Å². The van der Waals surface area contributed by atoms with Gasteiger partial charge in [-0.1, -0.05) is 18.2 Å². The summed E-state index contributed by atoms with van der Waals surface area (Å²) in [7, 11) is 1.72. The minimum absolute atomic E-state index is 0.0688. The predicted octanol–water partition coefficient (Wildman–Crippen LogP) is 2.86. The Morgan fingerprint density at radius 3 is 2.92 bits per heavy atom. The van der Waals surface area contributed by atoms with Crippen molar-refractivity contribution in [3.05, 3.63) is 63.3 Å². The third kappa shape index (κ3) is 2.83. The number of amides is 1. The number of likely N-dealkylation sites (N-methyl/N-ethyl adjacent to an activating group) is 1. The van der Waals surface area contributed by atoms with E-state index < -0.39 is 0 Å². The Labute approximate surface area is 146 Å². The third-order valence-electron chi connectivity index (χ3n) is 4.06. The summed E-state index contributed by atoms with van der Waals surface area (Å²) in [5, 5.41) is 2.76. The van der Waals surface area contributed by atoms with E-state index in [0.717, 1.165) is 10.3 Å². The number of hydrogen-bond donors (Lipinski definition) is 0. The molecule has 1 amide bonds. The number of carbonyl (C=O) groups is 1. The highest BCUT2D eigenvalue weighted by Gasteiger charge is 2.16. The van der Waals surface area contributed by atoms with Crippen LogP contribution in [0.2, 0.25) is 0 Å². The molecule has 6 nitrogen and oxygen atoms in total. The molecule has 3 heterocycles. The molecule has 7 heteroatoms. The van der Waals surface area contributed by atoms with E-state index >= 15 is 0 Å². The molecule has 0 N–H and O–H groups in total. The van der Waals surface area contributed by atoms with Crippen molar-refractivity contribution in [2.45, 2.75) is 13.1 Å². The van der Waals surface area contributed by atoms with E-state index in [1.807, 2.05) is 35.7 Å². The van der Waals surface area contributed by atoms with Crippen molar-refractivity contribution in [2.24, 2.45) is 0 Å². The molecule has 0 bridgehead atoms. The van der Waals surface area contributed by atoms with Crippen LogP contribution >= 0.6 is 11.3 Å². The Kier molecular flexibility index (Phi) is 3.85. The maximum absolute atomic E-state index is 12.6. The lowest BCUT2D eigenvalue weighted by Crippen LogP contribution is -2.33. The molecule has 25 heavy (non-hydrogen) atoms. The zero-order valence-electron chi connectivity index (χ0n) is 13.5. The van der Waals surface area contributed by atoms with Crippen LogP contribution in [0.1, 0.15) is 4.88 Å². The molecule has 0 aliphatic carbocycles. The lowest BCUT2D eigenvalue weighted by Gasteiger charge is -2.16. The lowest BCUT2D eigenvalue weighted by atomic mass is 10.2. The van der Waals surface area contributed by atoms with E-state index in [4.69, 9.17) is 4.42 Å². The second kappa shape index (κ2) is 6.18. The number of nitrogens with zero attached hydrogens (tertiary/aromatic N) is 3. The molecular formula is C18H15N3O3S. The van der Waals surface area contributed by atoms with Gasteiger partial charge >= 0.3 is 0 Å². The molecule has 0 fully saturated rings. The van der Waals surface area contributed by atoms with Gasteiger partial charge < -0.3 is 9.32 Å². The minimum atomic E-state index is -0.348. The molecule has 126 valence electrons. The van der Waals surface area contributed by atoms with Gasteiger partial charge in [-0.2, -0.15) is 0 Å². The first-order chi connectivity index (χ1) is 12.1. The molecule has 0 radical (unpaired) electrons. The molecule has 3 aromatic heterocycles. The first-order valence-electron chi connectivity index (χ1n) is 7.76. The summed E-state index contributed by atoms with van der Waals surface area (Å²) in [5.74, 6) is -0.159. The van der Waals surface area contributed by atoms with E-state index in [2.05, 4.69) is 4.98 Å². The van der Waals surface area contributed by atoms with Crippen molar-refractivity contribution in [1.82, 2.24) is 14.5 Å². The van der Waals surface area contributed by atoms with E-state index in [0.29, 0.717) is 17.6 Å². The fourth-order valence-electron chi connectivity index (χ4n) is 2.72. The molecule has 0 aliphatic heterocycles. The fraction of sp³-hybridized carbons (Fsp3) is 0.167. The van der Waals surface area contributed by atoms with E-state index in [9.17, 15) is 9.59 Å². The van der Waals surface area contributed by atoms with Gasteiger partial charge in [0, 0.05) is 17.3 Å². The molecule has 1 aromatic carbocycles. The molecule has 0 unspecified atom stereocenters. The standard InChI is InChI=1S/C18H15N3O3S/c1-20(9-12-5-4-8-25-12)15(22)10-21-11-19-16-13-6-2-3-7-14(13)24-17(16)18(21)23/h2-8,11H,9-10H2,1H3. The number of rotatable bonds is 4. The smallest absolute Gasteiger partial charge is 0.297 e. The van der Waals surface area contributed by atoms with Crippen LogP contribution in [-0.4, -0.2) is 27.4 Å². The number of para-hydroxylation sites is 1. The first kappa shape index (κ1) is 15.6. The summed E-state index contributed by atoms with van der Waals surface area (Å²) in [5.41, 5.74) is 0.966. The maximum Gasteiger partial charge on any atom is 0.297 e. The van der Waals surface area contributed by atoms with Gasteiger partial charge in [0.2, 0.25) is 11.5 Å². The highest BCUT2D eigenvalue weighted by Crippen LogP contribution is 2.24. The molecule has 0 aliphatic rings. The summed E-state index contributed by atoms with van der Waals surface area (Å²) in [6.45, 7) is 0.451. The monoisotopic (exact) mass is 353 g/mol. The maximum atomic E-state index is 12.6. The van der Waals surface area contributed by atoms with E-state index in [-0.39, 0.29) is 23.6 Å². The number of hydrogen-bond acceptors (Lipinski definition) is 5. The van der Waals surface area contributed by atoms with Crippen molar-refractivity contribution in [3.8, 4) is 0 Å². The van der Waals surface area contributed by atoms with Gasteiger partial charge in [-0.3, -0.25) is 14.2 Å². The number of thiophene rings is 1. The Balaban J connectivity index is 1.63. The Hall–Kier alpha value is -2.93. The molecule has 4 aromatic rings. The van der Waals surface area contributed by atoms with Gasteiger partial charge in [0.15, 0.2) is 0 Å². The van der Waals surface area contributed by atoms with Gasteiger partial charge in [0.25, 0.3) is 5.56 Å². The van der Waals surface area contributed by atoms with Crippen LogP contribution in [0.3, 0.4) is 0 Å². The summed E-state index contributed by atoms with van der Waals surface area (Å²) in [6, 6.07) is 11.3.